The van der Waals surface area contributed by atoms with Crippen LogP contribution < -0.4 is 5.32 Å². The Balaban J connectivity index is 1.88. The predicted octanol–water partition coefficient (Wildman–Crippen LogP) is 2.02. The van der Waals surface area contributed by atoms with Gasteiger partial charge in [0.25, 0.3) is 0 Å². The van der Waals surface area contributed by atoms with Crippen LogP contribution in [0.3, 0.4) is 0 Å². The summed E-state index contributed by atoms with van der Waals surface area (Å²) >= 11 is 5.77. The number of methoxy groups -OCH3 is 1. The fraction of sp³-hybridized carbons (Fsp3) is 0.529. The summed E-state index contributed by atoms with van der Waals surface area (Å²) in [5.41, 5.74) is 0.911. The molecule has 2 atom stereocenters. The van der Waals surface area contributed by atoms with Gasteiger partial charge in [-0.05, 0) is 12.0 Å². The molecule has 1 heterocycles. The van der Waals surface area contributed by atoms with Crippen molar-refractivity contribution >= 4 is 23.7 Å². The van der Waals surface area contributed by atoms with Crippen molar-refractivity contribution in [1.82, 2.24) is 10.2 Å². The summed E-state index contributed by atoms with van der Waals surface area (Å²) in [5.74, 6) is -0.246. The summed E-state index contributed by atoms with van der Waals surface area (Å²) in [6.45, 7) is 2.19. The number of esters is 1. The molecule has 0 bridgehead atoms. The third-order valence-corrected chi connectivity index (χ3v) is 4.29. The van der Waals surface area contributed by atoms with E-state index in [9.17, 15) is 9.59 Å². The number of benzene rings is 1. The third-order valence-electron chi connectivity index (χ3n) is 4.12. The van der Waals surface area contributed by atoms with Gasteiger partial charge in [-0.1, -0.05) is 30.3 Å². The van der Waals surface area contributed by atoms with E-state index in [0.29, 0.717) is 25.4 Å². The highest BCUT2D eigenvalue weighted by molar-refractivity contribution is 6.18. The Kier molecular flexibility index (Phi) is 7.34. The third kappa shape index (κ3) is 5.39. The molecule has 6 nitrogen and oxygen atoms in total. The van der Waals surface area contributed by atoms with E-state index < -0.39 is 12.0 Å². The number of hydrogen-bond acceptors (Lipinski definition) is 5. The van der Waals surface area contributed by atoms with E-state index in [2.05, 4.69) is 10.2 Å². The van der Waals surface area contributed by atoms with E-state index in [1.165, 1.54) is 7.11 Å². The minimum absolute atomic E-state index is 0.195. The molecule has 0 radical (unpaired) electrons. The van der Waals surface area contributed by atoms with Gasteiger partial charge in [0, 0.05) is 31.6 Å². The van der Waals surface area contributed by atoms with Crippen LogP contribution in [-0.2, 0) is 20.9 Å². The lowest BCUT2D eigenvalue weighted by atomic mass is 9.92. The summed E-state index contributed by atoms with van der Waals surface area (Å²) in [6, 6.07) is 9.14. The van der Waals surface area contributed by atoms with Crippen molar-refractivity contribution in [3.8, 4) is 0 Å². The van der Waals surface area contributed by atoms with Crippen LogP contribution in [0, 0.1) is 5.92 Å². The van der Waals surface area contributed by atoms with Crippen molar-refractivity contribution in [3.63, 3.8) is 0 Å². The SMILES string of the molecule is COC(=O)[C@H]1CN(CCCl)CC[C@H]1NC(=O)OCc1ccccc1. The maximum atomic E-state index is 12.0. The second kappa shape index (κ2) is 9.49. The molecule has 0 unspecified atom stereocenters. The summed E-state index contributed by atoms with van der Waals surface area (Å²) in [6.07, 6.45) is 0.125. The molecule has 24 heavy (non-hydrogen) atoms. The standard InChI is InChI=1S/C17H23ClN2O4/c1-23-16(21)14-11-20(10-8-18)9-7-15(14)19-17(22)24-12-13-5-3-2-4-6-13/h2-6,14-15H,7-12H2,1H3,(H,19,22)/t14-,15+/m0/s1. The minimum atomic E-state index is -0.524. The fourth-order valence-corrected chi connectivity index (χ4v) is 3.06. The number of halogens is 1. The number of carbonyl (C=O) groups is 2. The van der Waals surface area contributed by atoms with E-state index in [4.69, 9.17) is 21.1 Å². The summed E-state index contributed by atoms with van der Waals surface area (Å²) < 4.78 is 10.1. The molecule has 0 aromatic heterocycles. The highest BCUT2D eigenvalue weighted by Crippen LogP contribution is 2.19. The van der Waals surface area contributed by atoms with Crippen molar-refractivity contribution in [2.75, 3.05) is 32.6 Å². The number of rotatable bonds is 6. The molecule has 132 valence electrons. The summed E-state index contributed by atoms with van der Waals surface area (Å²) in [5, 5.41) is 2.80. The number of hydrogen-bond donors (Lipinski definition) is 1. The van der Waals surface area contributed by atoms with Gasteiger partial charge in [0.1, 0.15) is 6.61 Å². The van der Waals surface area contributed by atoms with Gasteiger partial charge in [0.05, 0.1) is 13.0 Å². The first-order chi connectivity index (χ1) is 11.6. The Morgan fingerprint density at radius 1 is 1.33 bits per heavy atom. The molecular weight excluding hydrogens is 332 g/mol. The van der Waals surface area contributed by atoms with Crippen LogP contribution in [-0.4, -0.2) is 55.6 Å². The average Bonchev–Trinajstić information content (AvgIpc) is 2.61. The Bertz CT molecular complexity index is 541. The van der Waals surface area contributed by atoms with Crippen LogP contribution in [0.15, 0.2) is 30.3 Å². The number of nitrogens with one attached hydrogen (secondary N) is 1. The van der Waals surface area contributed by atoms with Gasteiger partial charge in [-0.25, -0.2) is 4.79 Å². The topological polar surface area (TPSA) is 67.9 Å². The van der Waals surface area contributed by atoms with Gasteiger partial charge < -0.3 is 19.7 Å². The number of alkyl carbamates (subject to hydrolysis) is 1. The van der Waals surface area contributed by atoms with Gasteiger partial charge >= 0.3 is 12.1 Å². The molecule has 1 aromatic rings. The smallest absolute Gasteiger partial charge is 0.407 e. The molecular formula is C17H23ClN2O4. The summed E-state index contributed by atoms with van der Waals surface area (Å²) in [7, 11) is 1.35. The Labute approximate surface area is 147 Å². The molecule has 1 amide bonds. The molecule has 1 N–H and O–H groups in total. The van der Waals surface area contributed by atoms with Crippen LogP contribution in [0.4, 0.5) is 4.79 Å². The van der Waals surface area contributed by atoms with Gasteiger partial charge in [-0.2, -0.15) is 0 Å². The maximum Gasteiger partial charge on any atom is 0.407 e. The van der Waals surface area contributed by atoms with Gasteiger partial charge in [-0.3, -0.25) is 4.79 Å². The molecule has 2 rings (SSSR count). The predicted molar refractivity (Wildman–Crippen MR) is 90.8 cm³/mol. The van der Waals surface area contributed by atoms with Crippen LogP contribution in [0.2, 0.25) is 0 Å². The second-order valence-corrected chi connectivity index (χ2v) is 6.10. The first kappa shape index (κ1) is 18.5. The first-order valence-electron chi connectivity index (χ1n) is 7.97. The number of carbonyl (C=O) groups excluding carboxylic acids is 2. The first-order valence-corrected chi connectivity index (χ1v) is 8.51. The van der Waals surface area contributed by atoms with Crippen molar-refractivity contribution in [2.45, 2.75) is 19.1 Å². The van der Waals surface area contributed by atoms with Crippen molar-refractivity contribution in [2.24, 2.45) is 5.92 Å². The van der Waals surface area contributed by atoms with Crippen LogP contribution in [0.5, 0.6) is 0 Å². The Morgan fingerprint density at radius 3 is 2.75 bits per heavy atom. The number of likely N-dealkylation sites (tertiary alicyclic amines) is 1. The van der Waals surface area contributed by atoms with Gasteiger partial charge in [0.2, 0.25) is 0 Å². The lowest BCUT2D eigenvalue weighted by Crippen LogP contribution is -2.54. The van der Waals surface area contributed by atoms with Crippen LogP contribution >= 0.6 is 11.6 Å². The lowest BCUT2D eigenvalue weighted by molar-refractivity contribution is -0.148. The van der Waals surface area contributed by atoms with E-state index in [-0.39, 0.29) is 18.6 Å². The van der Waals surface area contributed by atoms with Crippen molar-refractivity contribution in [3.05, 3.63) is 35.9 Å². The lowest BCUT2D eigenvalue weighted by Gasteiger charge is -2.36. The molecule has 1 aliphatic rings. The van der Waals surface area contributed by atoms with E-state index in [1.54, 1.807) is 0 Å². The van der Waals surface area contributed by atoms with E-state index >= 15 is 0 Å². The zero-order chi connectivity index (χ0) is 17.4. The minimum Gasteiger partial charge on any atom is -0.469 e. The number of alkyl halides is 1. The number of piperidine rings is 1. The van der Waals surface area contributed by atoms with Crippen molar-refractivity contribution in [1.29, 1.82) is 0 Å². The highest BCUT2D eigenvalue weighted by atomic mass is 35.5. The molecule has 1 fully saturated rings. The van der Waals surface area contributed by atoms with E-state index in [1.807, 2.05) is 30.3 Å². The average molecular weight is 355 g/mol. The zero-order valence-electron chi connectivity index (χ0n) is 13.7. The summed E-state index contributed by atoms with van der Waals surface area (Å²) in [4.78, 5) is 26.1. The largest absolute Gasteiger partial charge is 0.469 e. The number of amides is 1. The molecule has 1 aromatic carbocycles. The van der Waals surface area contributed by atoms with Crippen molar-refractivity contribution < 1.29 is 19.1 Å². The molecule has 0 saturated carbocycles. The van der Waals surface area contributed by atoms with E-state index in [0.717, 1.165) is 12.1 Å². The molecule has 1 aliphatic heterocycles. The molecule has 0 aliphatic carbocycles. The molecule has 0 spiro atoms. The second-order valence-electron chi connectivity index (χ2n) is 5.72. The van der Waals surface area contributed by atoms with Gasteiger partial charge in [0.15, 0.2) is 0 Å². The normalized spacial score (nSPS) is 21.1. The number of ether oxygens (including phenoxy) is 2. The fourth-order valence-electron chi connectivity index (χ4n) is 2.82. The Hall–Kier alpha value is -1.79. The zero-order valence-corrected chi connectivity index (χ0v) is 14.5. The number of nitrogens with zero attached hydrogens (tertiary/aromatic N) is 1. The van der Waals surface area contributed by atoms with Crippen LogP contribution in [0.25, 0.3) is 0 Å². The maximum absolute atomic E-state index is 12.0. The monoisotopic (exact) mass is 354 g/mol. The highest BCUT2D eigenvalue weighted by Gasteiger charge is 2.36. The van der Waals surface area contributed by atoms with Gasteiger partial charge in [-0.15, -0.1) is 11.6 Å². The quantitative estimate of drug-likeness (QED) is 0.625. The Morgan fingerprint density at radius 2 is 2.08 bits per heavy atom. The molecule has 7 heteroatoms. The van der Waals surface area contributed by atoms with Crippen LogP contribution in [0.1, 0.15) is 12.0 Å². The molecule has 1 saturated heterocycles.